The van der Waals surface area contributed by atoms with E-state index in [0.29, 0.717) is 10.0 Å². The summed E-state index contributed by atoms with van der Waals surface area (Å²) in [5.74, 6) is -1.73. The fourth-order valence-electron chi connectivity index (χ4n) is 1.55. The summed E-state index contributed by atoms with van der Waals surface area (Å²) >= 11 is 12.6. The minimum absolute atomic E-state index is 0.0938. The van der Waals surface area contributed by atoms with E-state index in [1.165, 1.54) is 18.6 Å². The van der Waals surface area contributed by atoms with Crippen LogP contribution in [-0.2, 0) is 11.2 Å². The van der Waals surface area contributed by atoms with Crippen LogP contribution in [0.15, 0.2) is 18.6 Å². The Hall–Kier alpha value is -1.57. The first kappa shape index (κ1) is 14.8. The van der Waals surface area contributed by atoms with Gasteiger partial charge in [-0.3, -0.25) is 4.79 Å². The van der Waals surface area contributed by atoms with Crippen molar-refractivity contribution >= 4 is 46.4 Å². The van der Waals surface area contributed by atoms with Crippen molar-refractivity contribution < 1.29 is 14.7 Å². The Morgan fingerprint density at radius 2 is 2.25 bits per heavy atom. The zero-order valence-corrected chi connectivity index (χ0v) is 12.2. The zero-order chi connectivity index (χ0) is 14.7. The largest absolute Gasteiger partial charge is 0.480 e. The number of rotatable bonds is 5. The molecule has 2 rings (SSSR count). The first-order valence-corrected chi connectivity index (χ1v) is 7.00. The second-order valence-corrected chi connectivity index (χ2v) is 6.17. The Bertz CT molecular complexity index is 627. The van der Waals surface area contributed by atoms with Gasteiger partial charge < -0.3 is 15.4 Å². The van der Waals surface area contributed by atoms with Crippen LogP contribution >= 0.6 is 34.5 Å². The quantitative estimate of drug-likeness (QED) is 0.781. The molecule has 0 aliphatic rings. The molecule has 2 aromatic rings. The number of imidazole rings is 1. The average Bonchev–Trinajstić information content (AvgIpc) is 2.97. The molecule has 1 atom stereocenters. The number of halogens is 2. The number of nitrogens with zero attached hydrogens (tertiary/aromatic N) is 1. The van der Waals surface area contributed by atoms with Gasteiger partial charge in [0.05, 0.1) is 16.2 Å². The van der Waals surface area contributed by atoms with Crippen molar-refractivity contribution in [3.63, 3.8) is 0 Å². The van der Waals surface area contributed by atoms with E-state index < -0.39 is 17.9 Å². The normalized spacial score (nSPS) is 12.1. The van der Waals surface area contributed by atoms with Crippen molar-refractivity contribution in [2.24, 2.45) is 0 Å². The SMILES string of the molecule is O=C(NC(Cc1cnc[nH]1)C(=O)O)c1cc(Cl)sc1Cl. The van der Waals surface area contributed by atoms with Crippen LogP contribution in [0.1, 0.15) is 16.1 Å². The number of H-pyrrole nitrogens is 1. The molecule has 0 saturated carbocycles. The molecule has 0 fully saturated rings. The molecule has 6 nitrogen and oxygen atoms in total. The van der Waals surface area contributed by atoms with Crippen LogP contribution < -0.4 is 5.32 Å². The third-order valence-corrected chi connectivity index (χ3v) is 3.97. The number of hydrogen-bond acceptors (Lipinski definition) is 4. The second-order valence-electron chi connectivity index (χ2n) is 3.88. The zero-order valence-electron chi connectivity index (χ0n) is 9.89. The number of carbonyl (C=O) groups is 2. The van der Waals surface area contributed by atoms with Crippen LogP contribution in [0.4, 0.5) is 0 Å². The van der Waals surface area contributed by atoms with Crippen LogP contribution in [0, 0.1) is 0 Å². The minimum atomic E-state index is -1.15. The number of amides is 1. The topological polar surface area (TPSA) is 95.1 Å². The fourth-order valence-corrected chi connectivity index (χ4v) is 3.01. The molecule has 1 amide bonds. The number of thiophene rings is 1. The van der Waals surface area contributed by atoms with E-state index in [1.807, 2.05) is 0 Å². The molecule has 0 radical (unpaired) electrons. The van der Waals surface area contributed by atoms with Gasteiger partial charge in [0.15, 0.2) is 0 Å². The maximum absolute atomic E-state index is 12.0. The molecule has 0 aliphatic heterocycles. The van der Waals surface area contributed by atoms with E-state index in [-0.39, 0.29) is 16.3 Å². The van der Waals surface area contributed by atoms with E-state index in [1.54, 1.807) is 0 Å². The van der Waals surface area contributed by atoms with E-state index in [4.69, 9.17) is 28.3 Å². The van der Waals surface area contributed by atoms with E-state index >= 15 is 0 Å². The molecule has 1 unspecified atom stereocenters. The summed E-state index contributed by atoms with van der Waals surface area (Å²) in [6.45, 7) is 0. The Balaban J connectivity index is 2.10. The van der Waals surface area contributed by atoms with Gasteiger partial charge in [0.2, 0.25) is 0 Å². The van der Waals surface area contributed by atoms with Crippen molar-refractivity contribution in [1.29, 1.82) is 0 Å². The summed E-state index contributed by atoms with van der Waals surface area (Å²) < 4.78 is 0.582. The Labute approximate surface area is 127 Å². The standard InChI is InChI=1S/C11H9Cl2N3O3S/c12-8-2-6(9(13)20-8)10(17)16-7(11(18)19)1-5-3-14-4-15-5/h2-4,7H,1H2,(H,14,15)(H,16,17)(H,18,19). The molecule has 0 saturated heterocycles. The molecule has 2 aromatic heterocycles. The molecule has 2 heterocycles. The number of aromatic amines is 1. The van der Waals surface area contributed by atoms with Gasteiger partial charge in [-0.1, -0.05) is 23.2 Å². The number of carboxylic acid groups (broad SMARTS) is 1. The highest BCUT2D eigenvalue weighted by atomic mass is 35.5. The minimum Gasteiger partial charge on any atom is -0.480 e. The monoisotopic (exact) mass is 333 g/mol. The molecule has 0 bridgehead atoms. The summed E-state index contributed by atoms with van der Waals surface area (Å²) in [4.78, 5) is 29.7. The summed E-state index contributed by atoms with van der Waals surface area (Å²) in [6.07, 6.45) is 3.03. The Kier molecular flexibility index (Phi) is 4.64. The summed E-state index contributed by atoms with van der Waals surface area (Å²) in [6, 6.07) is 0.316. The van der Waals surface area contributed by atoms with Gasteiger partial charge in [0.1, 0.15) is 10.4 Å². The van der Waals surface area contributed by atoms with Gasteiger partial charge in [-0.2, -0.15) is 0 Å². The maximum Gasteiger partial charge on any atom is 0.326 e. The van der Waals surface area contributed by atoms with Crippen molar-refractivity contribution in [2.75, 3.05) is 0 Å². The first-order chi connectivity index (χ1) is 9.47. The van der Waals surface area contributed by atoms with Gasteiger partial charge in [-0.25, -0.2) is 9.78 Å². The number of aliphatic carboxylic acids is 1. The van der Waals surface area contributed by atoms with Gasteiger partial charge in [0, 0.05) is 18.3 Å². The molecule has 106 valence electrons. The molecule has 3 N–H and O–H groups in total. The molecule has 0 aromatic carbocycles. The van der Waals surface area contributed by atoms with Crippen LogP contribution in [0.2, 0.25) is 8.67 Å². The summed E-state index contributed by atoms with van der Waals surface area (Å²) in [5, 5.41) is 11.5. The lowest BCUT2D eigenvalue weighted by atomic mass is 10.1. The highest BCUT2D eigenvalue weighted by Gasteiger charge is 2.23. The Morgan fingerprint density at radius 1 is 1.50 bits per heavy atom. The maximum atomic E-state index is 12.0. The van der Waals surface area contributed by atoms with Gasteiger partial charge in [0.25, 0.3) is 5.91 Å². The smallest absolute Gasteiger partial charge is 0.326 e. The number of carbonyl (C=O) groups excluding carboxylic acids is 1. The van der Waals surface area contributed by atoms with Gasteiger partial charge in [-0.15, -0.1) is 11.3 Å². The molecular formula is C11H9Cl2N3O3S. The number of carboxylic acids is 1. The third kappa shape index (κ3) is 3.50. The second kappa shape index (κ2) is 6.25. The first-order valence-electron chi connectivity index (χ1n) is 5.43. The Morgan fingerprint density at radius 3 is 2.75 bits per heavy atom. The van der Waals surface area contributed by atoms with Gasteiger partial charge in [-0.05, 0) is 6.07 Å². The average molecular weight is 334 g/mol. The van der Waals surface area contributed by atoms with Crippen LogP contribution in [0.25, 0.3) is 0 Å². The highest BCUT2D eigenvalue weighted by molar-refractivity contribution is 7.20. The lowest BCUT2D eigenvalue weighted by Gasteiger charge is -2.13. The van der Waals surface area contributed by atoms with Crippen molar-refractivity contribution in [3.05, 3.63) is 38.5 Å². The highest BCUT2D eigenvalue weighted by Crippen LogP contribution is 2.31. The number of hydrogen-bond donors (Lipinski definition) is 3. The molecule has 20 heavy (non-hydrogen) atoms. The van der Waals surface area contributed by atoms with Crippen LogP contribution in [0.3, 0.4) is 0 Å². The van der Waals surface area contributed by atoms with Crippen molar-refractivity contribution in [3.8, 4) is 0 Å². The molecule has 0 aliphatic carbocycles. The molecule has 0 spiro atoms. The van der Waals surface area contributed by atoms with Crippen molar-refractivity contribution in [2.45, 2.75) is 12.5 Å². The van der Waals surface area contributed by atoms with Crippen LogP contribution in [0.5, 0.6) is 0 Å². The van der Waals surface area contributed by atoms with Crippen LogP contribution in [-0.4, -0.2) is 33.0 Å². The molecule has 9 heteroatoms. The van der Waals surface area contributed by atoms with Crippen molar-refractivity contribution in [1.82, 2.24) is 15.3 Å². The van der Waals surface area contributed by atoms with E-state index in [9.17, 15) is 9.59 Å². The van der Waals surface area contributed by atoms with E-state index in [0.717, 1.165) is 11.3 Å². The summed E-state index contributed by atoms with van der Waals surface area (Å²) in [7, 11) is 0. The number of aromatic nitrogens is 2. The molecular weight excluding hydrogens is 325 g/mol. The fraction of sp³-hybridized carbons (Fsp3) is 0.182. The predicted octanol–water partition coefficient (Wildman–Crippen LogP) is 2.20. The third-order valence-electron chi connectivity index (χ3n) is 2.48. The number of nitrogens with one attached hydrogen (secondary N) is 2. The van der Waals surface area contributed by atoms with E-state index in [2.05, 4.69) is 15.3 Å². The lowest BCUT2D eigenvalue weighted by Crippen LogP contribution is -2.42. The predicted molar refractivity (Wildman–Crippen MR) is 75.5 cm³/mol. The lowest BCUT2D eigenvalue weighted by molar-refractivity contribution is -0.139. The van der Waals surface area contributed by atoms with Gasteiger partial charge >= 0.3 is 5.97 Å². The summed E-state index contributed by atoms with van der Waals surface area (Å²) in [5.41, 5.74) is 0.768.